The predicted molar refractivity (Wildman–Crippen MR) is 187 cm³/mol. The second-order valence-corrected chi connectivity index (χ2v) is 12.2. The lowest BCUT2D eigenvalue weighted by atomic mass is 9.82. The maximum atomic E-state index is 14.0. The van der Waals surface area contributed by atoms with E-state index in [9.17, 15) is 29.9 Å². The van der Waals surface area contributed by atoms with Gasteiger partial charge < -0.3 is 20.4 Å². The van der Waals surface area contributed by atoms with Gasteiger partial charge in [-0.25, -0.2) is 0 Å². The fraction of sp³-hybridized carbons (Fsp3) is 0.211. The summed E-state index contributed by atoms with van der Waals surface area (Å²) in [5.74, 6) is -1.88. The van der Waals surface area contributed by atoms with Crippen molar-refractivity contribution in [1.82, 2.24) is 15.0 Å². The van der Waals surface area contributed by atoms with Crippen LogP contribution < -0.4 is 10.2 Å². The van der Waals surface area contributed by atoms with E-state index >= 15 is 0 Å². The van der Waals surface area contributed by atoms with Crippen LogP contribution in [-0.2, 0) is 23.5 Å². The van der Waals surface area contributed by atoms with Crippen LogP contribution in [0.2, 0.25) is 0 Å². The van der Waals surface area contributed by atoms with Crippen molar-refractivity contribution in [2.75, 3.05) is 16.8 Å². The van der Waals surface area contributed by atoms with Crippen molar-refractivity contribution in [3.8, 4) is 0 Å². The maximum absolute atomic E-state index is 14.0. The van der Waals surface area contributed by atoms with Crippen molar-refractivity contribution in [2.24, 2.45) is 5.92 Å². The maximum Gasteiger partial charge on any atom is 0.269 e. The number of rotatable bonds is 13. The number of nitrogens with one attached hydrogen (secondary N) is 1. The minimum absolute atomic E-state index is 0.0990. The Labute approximate surface area is 288 Å². The number of carbonyl (C=O) groups is 2. The minimum Gasteiger partial charge on any atom is -0.395 e. The first-order chi connectivity index (χ1) is 24.2. The molecular formula is C38H36N6O6. The molecule has 1 unspecified atom stereocenters. The lowest BCUT2D eigenvalue weighted by Gasteiger charge is -2.27. The highest BCUT2D eigenvalue weighted by Gasteiger charge is 2.53. The highest BCUT2D eigenvalue weighted by Crippen LogP contribution is 2.47. The van der Waals surface area contributed by atoms with Crippen LogP contribution in [0.5, 0.6) is 0 Å². The number of non-ortho nitro benzene ring substituents is 1. The standard InChI is InChI=1S/C38H36N6O6/c1-26(10-8-9-21-42-24-34(40-41-42)32(25-45)28-11-4-2-5-12-28)38(48)33-22-31(44(49)50)19-20-35(33)43(37(38)47)23-27-15-17-30(18-16-27)39-36(46)29-13-6-3-7-14-29/h2-8,10-20,22,24,26,32,45,48H,9,21,23,25H2,1H3,(H,39,46)/b10-8+/t26-,32?,38+/m1/s1. The van der Waals surface area contributed by atoms with Gasteiger partial charge >= 0.3 is 0 Å². The zero-order valence-corrected chi connectivity index (χ0v) is 27.3. The molecule has 2 heterocycles. The molecule has 0 aliphatic carbocycles. The number of aromatic nitrogens is 3. The Bertz CT molecular complexity index is 2010. The third-order valence-corrected chi connectivity index (χ3v) is 8.96. The number of benzene rings is 4. The van der Waals surface area contributed by atoms with Crippen molar-refractivity contribution < 1.29 is 24.7 Å². The molecule has 3 N–H and O–H groups in total. The van der Waals surface area contributed by atoms with E-state index in [0.29, 0.717) is 35.6 Å². The summed E-state index contributed by atoms with van der Waals surface area (Å²) in [7, 11) is 0. The molecule has 0 spiro atoms. The SMILES string of the molecule is C[C@H](/C=C/CCn1cc(C(CO)c2ccccc2)nn1)[C@@]1(O)C(=O)N(Cc2ccc(NC(=O)c3ccccc3)cc2)c2ccc([N+](=O)[O-])cc21. The first-order valence-corrected chi connectivity index (χ1v) is 16.2. The van der Waals surface area contributed by atoms with E-state index in [2.05, 4.69) is 15.6 Å². The Balaban J connectivity index is 1.15. The number of aliphatic hydroxyl groups is 2. The molecule has 0 saturated heterocycles. The van der Waals surface area contributed by atoms with Crippen LogP contribution in [0.3, 0.4) is 0 Å². The molecule has 1 aromatic heterocycles. The Morgan fingerprint density at radius 2 is 1.72 bits per heavy atom. The third-order valence-electron chi connectivity index (χ3n) is 8.96. The number of amides is 2. The smallest absolute Gasteiger partial charge is 0.269 e. The minimum atomic E-state index is -2.05. The Morgan fingerprint density at radius 3 is 2.40 bits per heavy atom. The van der Waals surface area contributed by atoms with Crippen LogP contribution >= 0.6 is 0 Å². The average Bonchev–Trinajstić information content (AvgIpc) is 3.69. The number of fused-ring (bicyclic) bond motifs is 1. The fourth-order valence-corrected chi connectivity index (χ4v) is 6.16. The van der Waals surface area contributed by atoms with E-state index in [1.54, 1.807) is 72.4 Å². The molecule has 1 aliphatic rings. The van der Waals surface area contributed by atoms with Crippen molar-refractivity contribution in [1.29, 1.82) is 0 Å². The van der Waals surface area contributed by atoms with Crippen LogP contribution in [0.1, 0.15) is 52.0 Å². The van der Waals surface area contributed by atoms with Crippen molar-refractivity contribution >= 4 is 28.9 Å². The summed E-state index contributed by atoms with van der Waals surface area (Å²) in [6.45, 7) is 2.15. The molecule has 50 heavy (non-hydrogen) atoms. The second-order valence-electron chi connectivity index (χ2n) is 12.2. The molecule has 0 bridgehead atoms. The number of aliphatic hydroxyl groups excluding tert-OH is 1. The van der Waals surface area contributed by atoms with Gasteiger partial charge in [0.05, 0.1) is 35.4 Å². The largest absolute Gasteiger partial charge is 0.395 e. The summed E-state index contributed by atoms with van der Waals surface area (Å²) >= 11 is 0. The van der Waals surface area contributed by atoms with Crippen molar-refractivity contribution in [3.05, 3.63) is 160 Å². The summed E-state index contributed by atoms with van der Waals surface area (Å²) < 4.78 is 1.67. The highest BCUT2D eigenvalue weighted by molar-refractivity contribution is 6.07. The molecule has 1 aliphatic heterocycles. The van der Waals surface area contributed by atoms with Gasteiger partial charge in [0.2, 0.25) is 0 Å². The molecule has 0 saturated carbocycles. The molecule has 6 rings (SSSR count). The average molecular weight is 673 g/mol. The molecular weight excluding hydrogens is 636 g/mol. The van der Waals surface area contributed by atoms with Crippen LogP contribution in [0.15, 0.2) is 121 Å². The van der Waals surface area contributed by atoms with Gasteiger partial charge in [-0.2, -0.15) is 0 Å². The number of allylic oxidation sites excluding steroid dienone is 1. The molecule has 2 amide bonds. The van der Waals surface area contributed by atoms with E-state index in [1.807, 2.05) is 42.5 Å². The summed E-state index contributed by atoms with van der Waals surface area (Å²) in [6.07, 6.45) is 5.86. The number of carbonyl (C=O) groups excluding carboxylic acids is 2. The number of anilines is 2. The summed E-state index contributed by atoms with van der Waals surface area (Å²) in [5, 5.41) is 45.0. The van der Waals surface area contributed by atoms with Crippen LogP contribution in [0.25, 0.3) is 0 Å². The van der Waals surface area contributed by atoms with Gasteiger partial charge in [0.15, 0.2) is 5.60 Å². The van der Waals surface area contributed by atoms with E-state index < -0.39 is 22.3 Å². The van der Waals surface area contributed by atoms with Crippen LogP contribution in [0, 0.1) is 16.0 Å². The molecule has 4 aromatic carbocycles. The third kappa shape index (κ3) is 6.93. The molecule has 5 aromatic rings. The van der Waals surface area contributed by atoms with Gasteiger partial charge in [-0.05, 0) is 47.9 Å². The van der Waals surface area contributed by atoms with Crippen LogP contribution in [-0.4, -0.2) is 48.6 Å². The van der Waals surface area contributed by atoms with Gasteiger partial charge in [-0.1, -0.05) is 85.0 Å². The lowest BCUT2D eigenvalue weighted by Crippen LogP contribution is -2.44. The fourth-order valence-electron chi connectivity index (χ4n) is 6.16. The Kier molecular flexibility index (Phi) is 9.93. The summed E-state index contributed by atoms with van der Waals surface area (Å²) in [4.78, 5) is 39.1. The highest BCUT2D eigenvalue weighted by atomic mass is 16.6. The van der Waals surface area contributed by atoms with E-state index in [-0.39, 0.29) is 36.2 Å². The van der Waals surface area contributed by atoms with E-state index in [4.69, 9.17) is 0 Å². The zero-order valence-electron chi connectivity index (χ0n) is 27.3. The van der Waals surface area contributed by atoms with E-state index in [1.165, 1.54) is 23.1 Å². The van der Waals surface area contributed by atoms with Gasteiger partial charge in [-0.3, -0.25) is 24.4 Å². The zero-order chi connectivity index (χ0) is 35.3. The molecule has 12 nitrogen and oxygen atoms in total. The summed E-state index contributed by atoms with van der Waals surface area (Å²) in [6, 6.07) is 29.5. The Morgan fingerprint density at radius 1 is 1.02 bits per heavy atom. The number of hydrogen-bond acceptors (Lipinski definition) is 8. The van der Waals surface area contributed by atoms with Gasteiger partial charge in [0.25, 0.3) is 17.5 Å². The van der Waals surface area contributed by atoms with Crippen molar-refractivity contribution in [3.63, 3.8) is 0 Å². The number of aryl methyl sites for hydroxylation is 1. The molecule has 12 heteroatoms. The van der Waals surface area contributed by atoms with Crippen LogP contribution in [0.4, 0.5) is 17.1 Å². The lowest BCUT2D eigenvalue weighted by molar-refractivity contribution is -0.385. The normalized spacial score (nSPS) is 16.7. The van der Waals surface area contributed by atoms with Crippen molar-refractivity contribution in [2.45, 2.75) is 38.0 Å². The number of nitrogens with zero attached hydrogens (tertiary/aromatic N) is 5. The molecule has 0 fully saturated rings. The monoisotopic (exact) mass is 672 g/mol. The van der Waals surface area contributed by atoms with Gasteiger partial charge in [0, 0.05) is 47.6 Å². The number of nitro groups is 1. The molecule has 0 radical (unpaired) electrons. The second kappa shape index (κ2) is 14.6. The number of hydrogen-bond donors (Lipinski definition) is 3. The first kappa shape index (κ1) is 33.9. The quantitative estimate of drug-likeness (QED) is 0.0829. The Hall–Kier alpha value is -5.98. The summed E-state index contributed by atoms with van der Waals surface area (Å²) in [5.41, 5.74) is 1.68. The predicted octanol–water partition coefficient (Wildman–Crippen LogP) is 5.58. The number of nitro benzene ring substituents is 1. The first-order valence-electron chi connectivity index (χ1n) is 16.2. The topological polar surface area (TPSA) is 164 Å². The molecule has 254 valence electrons. The van der Waals surface area contributed by atoms with E-state index in [0.717, 1.165) is 11.1 Å². The van der Waals surface area contributed by atoms with Gasteiger partial charge in [0.1, 0.15) is 0 Å². The molecule has 3 atom stereocenters. The van der Waals surface area contributed by atoms with Gasteiger partial charge in [-0.15, -0.1) is 5.10 Å².